The number of hydrogen-bond donors (Lipinski definition) is 1. The first-order chi connectivity index (χ1) is 7.24. The van der Waals surface area contributed by atoms with E-state index < -0.39 is 0 Å². The fourth-order valence-electron chi connectivity index (χ4n) is 2.69. The average molecular weight is 211 g/mol. The lowest BCUT2D eigenvalue weighted by atomic mass is 9.96. The van der Waals surface area contributed by atoms with Gasteiger partial charge in [0.15, 0.2) is 0 Å². The van der Waals surface area contributed by atoms with Crippen LogP contribution in [0.25, 0.3) is 0 Å². The third-order valence-corrected chi connectivity index (χ3v) is 3.79. The van der Waals surface area contributed by atoms with Crippen molar-refractivity contribution in [3.63, 3.8) is 0 Å². The van der Waals surface area contributed by atoms with Gasteiger partial charge >= 0.3 is 0 Å². The second kappa shape index (κ2) is 4.52. The molecule has 0 aromatic carbocycles. The van der Waals surface area contributed by atoms with Crippen molar-refractivity contribution >= 4 is 5.91 Å². The summed E-state index contributed by atoms with van der Waals surface area (Å²) in [4.78, 5) is 14.2. The van der Waals surface area contributed by atoms with Crippen molar-refractivity contribution in [1.82, 2.24) is 4.90 Å². The van der Waals surface area contributed by atoms with Crippen molar-refractivity contribution < 1.29 is 9.90 Å². The van der Waals surface area contributed by atoms with Crippen LogP contribution in [-0.2, 0) is 4.79 Å². The van der Waals surface area contributed by atoms with E-state index in [2.05, 4.69) is 6.92 Å². The van der Waals surface area contributed by atoms with Gasteiger partial charge in [0.2, 0.25) is 5.91 Å². The molecule has 15 heavy (non-hydrogen) atoms. The molecule has 2 unspecified atom stereocenters. The average Bonchev–Trinajstić information content (AvgIpc) is 2.97. The Morgan fingerprint density at radius 3 is 2.53 bits per heavy atom. The first kappa shape index (κ1) is 10.9. The van der Waals surface area contributed by atoms with Gasteiger partial charge in [0.1, 0.15) is 0 Å². The number of rotatable bonds is 4. The number of nitrogens with zero attached hydrogens (tertiary/aromatic N) is 1. The van der Waals surface area contributed by atoms with E-state index in [-0.39, 0.29) is 12.5 Å². The number of amides is 1. The number of hydrogen-bond acceptors (Lipinski definition) is 2. The first-order valence-corrected chi connectivity index (χ1v) is 6.15. The summed E-state index contributed by atoms with van der Waals surface area (Å²) in [5.41, 5.74) is 0. The summed E-state index contributed by atoms with van der Waals surface area (Å²) in [6.45, 7) is 2.82. The van der Waals surface area contributed by atoms with Gasteiger partial charge in [0, 0.05) is 18.5 Å². The second-order valence-corrected chi connectivity index (χ2v) is 5.00. The second-order valence-electron chi connectivity index (χ2n) is 5.00. The highest BCUT2D eigenvalue weighted by Crippen LogP contribution is 2.35. The van der Waals surface area contributed by atoms with Gasteiger partial charge in [-0.2, -0.15) is 0 Å². The molecule has 2 rings (SSSR count). The summed E-state index contributed by atoms with van der Waals surface area (Å²) in [7, 11) is 0. The van der Waals surface area contributed by atoms with Crippen LogP contribution in [0.1, 0.15) is 39.0 Å². The third kappa shape index (κ3) is 2.33. The van der Waals surface area contributed by atoms with Crippen LogP contribution in [0.3, 0.4) is 0 Å². The van der Waals surface area contributed by atoms with Crippen LogP contribution in [0.2, 0.25) is 0 Å². The molecule has 3 heteroatoms. The van der Waals surface area contributed by atoms with Crippen LogP contribution >= 0.6 is 0 Å². The molecular formula is C12H21NO2. The van der Waals surface area contributed by atoms with E-state index in [0.29, 0.717) is 24.4 Å². The van der Waals surface area contributed by atoms with E-state index in [1.807, 2.05) is 4.90 Å². The lowest BCUT2D eigenvalue weighted by Crippen LogP contribution is -2.40. The maximum Gasteiger partial charge on any atom is 0.226 e. The van der Waals surface area contributed by atoms with Crippen molar-refractivity contribution in [3.8, 4) is 0 Å². The Kier molecular flexibility index (Phi) is 3.29. The molecule has 0 radical (unpaired) electrons. The van der Waals surface area contributed by atoms with Gasteiger partial charge in [-0.1, -0.05) is 13.3 Å². The van der Waals surface area contributed by atoms with Gasteiger partial charge in [-0.15, -0.1) is 0 Å². The van der Waals surface area contributed by atoms with Gasteiger partial charge in [-0.05, 0) is 31.6 Å². The lowest BCUT2D eigenvalue weighted by Gasteiger charge is -2.26. The number of carbonyl (C=O) groups is 1. The monoisotopic (exact) mass is 211 g/mol. The summed E-state index contributed by atoms with van der Waals surface area (Å²) in [5.74, 6) is 1.08. The Bertz CT molecular complexity index is 238. The molecular weight excluding hydrogens is 190 g/mol. The van der Waals surface area contributed by atoms with Crippen LogP contribution in [0.15, 0.2) is 0 Å². The molecule has 0 heterocycles. The van der Waals surface area contributed by atoms with Gasteiger partial charge < -0.3 is 10.0 Å². The van der Waals surface area contributed by atoms with E-state index in [9.17, 15) is 4.79 Å². The predicted molar refractivity (Wildman–Crippen MR) is 58.3 cm³/mol. The highest BCUT2D eigenvalue weighted by atomic mass is 16.3. The highest BCUT2D eigenvalue weighted by molar-refractivity contribution is 5.80. The molecule has 1 N–H and O–H groups in total. The minimum absolute atomic E-state index is 0.101. The molecule has 0 aromatic heterocycles. The molecule has 0 saturated heterocycles. The van der Waals surface area contributed by atoms with Crippen molar-refractivity contribution in [1.29, 1.82) is 0 Å². The fourth-order valence-corrected chi connectivity index (χ4v) is 2.69. The van der Waals surface area contributed by atoms with Gasteiger partial charge in [-0.3, -0.25) is 4.79 Å². The summed E-state index contributed by atoms with van der Waals surface area (Å²) in [6.07, 6.45) is 5.69. The zero-order valence-electron chi connectivity index (χ0n) is 9.48. The first-order valence-electron chi connectivity index (χ1n) is 6.15. The molecule has 2 fully saturated rings. The molecule has 3 nitrogen and oxygen atoms in total. The lowest BCUT2D eigenvalue weighted by molar-refractivity contribution is -0.137. The molecule has 1 amide bonds. The van der Waals surface area contributed by atoms with Crippen molar-refractivity contribution in [2.75, 3.05) is 13.2 Å². The molecule has 2 atom stereocenters. The molecule has 2 saturated carbocycles. The van der Waals surface area contributed by atoms with Gasteiger partial charge in [-0.25, -0.2) is 0 Å². The Balaban J connectivity index is 1.96. The summed E-state index contributed by atoms with van der Waals surface area (Å²) in [5, 5.41) is 8.98. The smallest absolute Gasteiger partial charge is 0.226 e. The van der Waals surface area contributed by atoms with E-state index in [1.165, 1.54) is 12.8 Å². The zero-order chi connectivity index (χ0) is 10.8. The van der Waals surface area contributed by atoms with Crippen LogP contribution in [-0.4, -0.2) is 35.1 Å². The van der Waals surface area contributed by atoms with Crippen molar-refractivity contribution in [3.05, 3.63) is 0 Å². The quantitative estimate of drug-likeness (QED) is 0.763. The Morgan fingerprint density at radius 2 is 2.07 bits per heavy atom. The number of carbonyl (C=O) groups excluding carboxylic acids is 1. The van der Waals surface area contributed by atoms with Gasteiger partial charge in [0.05, 0.1) is 6.61 Å². The molecule has 86 valence electrons. The Labute approximate surface area is 91.5 Å². The molecule has 2 aliphatic carbocycles. The summed E-state index contributed by atoms with van der Waals surface area (Å²) < 4.78 is 0. The fraction of sp³-hybridized carbons (Fsp3) is 0.917. The van der Waals surface area contributed by atoms with Crippen LogP contribution in [0.5, 0.6) is 0 Å². The van der Waals surface area contributed by atoms with Crippen molar-refractivity contribution in [2.45, 2.75) is 45.1 Å². The van der Waals surface area contributed by atoms with Crippen LogP contribution < -0.4 is 0 Å². The SMILES string of the molecule is CC1CCCC1C(=O)N(CCO)C1CC1. The van der Waals surface area contributed by atoms with Crippen molar-refractivity contribution in [2.24, 2.45) is 11.8 Å². The third-order valence-electron chi connectivity index (χ3n) is 3.79. The minimum Gasteiger partial charge on any atom is -0.395 e. The largest absolute Gasteiger partial charge is 0.395 e. The normalized spacial score (nSPS) is 30.5. The van der Waals surface area contributed by atoms with Crippen LogP contribution in [0.4, 0.5) is 0 Å². The summed E-state index contributed by atoms with van der Waals surface area (Å²) in [6, 6.07) is 0.442. The van der Waals surface area contributed by atoms with Crippen LogP contribution in [0, 0.1) is 11.8 Å². The number of aliphatic hydroxyl groups is 1. The zero-order valence-corrected chi connectivity index (χ0v) is 9.48. The molecule has 2 aliphatic rings. The number of aliphatic hydroxyl groups excluding tert-OH is 1. The van der Waals surface area contributed by atoms with Gasteiger partial charge in [0.25, 0.3) is 0 Å². The Morgan fingerprint density at radius 1 is 1.33 bits per heavy atom. The maximum atomic E-state index is 12.2. The minimum atomic E-state index is 0.101. The standard InChI is InChI=1S/C12H21NO2/c1-9-3-2-4-11(9)12(15)13(7-8-14)10-5-6-10/h9-11,14H,2-8H2,1H3. The molecule has 0 spiro atoms. The van der Waals surface area contributed by atoms with E-state index in [4.69, 9.17) is 5.11 Å². The topological polar surface area (TPSA) is 40.5 Å². The highest BCUT2D eigenvalue weighted by Gasteiger charge is 2.38. The van der Waals surface area contributed by atoms with E-state index in [0.717, 1.165) is 19.3 Å². The predicted octanol–water partition coefficient (Wildman–Crippen LogP) is 1.41. The molecule has 0 aromatic rings. The maximum absolute atomic E-state index is 12.2. The Hall–Kier alpha value is -0.570. The molecule has 0 aliphatic heterocycles. The molecule has 0 bridgehead atoms. The van der Waals surface area contributed by atoms with E-state index in [1.54, 1.807) is 0 Å². The van der Waals surface area contributed by atoms with E-state index >= 15 is 0 Å². The summed E-state index contributed by atoms with van der Waals surface area (Å²) >= 11 is 0.